The molecule has 1 heterocycles. The number of ether oxygens (including phenoxy) is 1. The van der Waals surface area contributed by atoms with E-state index in [2.05, 4.69) is 56.8 Å². The minimum atomic E-state index is -0.270. The van der Waals surface area contributed by atoms with Gasteiger partial charge in [0.1, 0.15) is 5.76 Å². The van der Waals surface area contributed by atoms with Crippen LogP contribution in [0.5, 0.6) is 0 Å². The molecule has 0 saturated heterocycles. The van der Waals surface area contributed by atoms with Crippen molar-refractivity contribution in [2.24, 2.45) is 5.92 Å². The van der Waals surface area contributed by atoms with Gasteiger partial charge in [-0.15, -0.1) is 0 Å². The first-order valence-corrected chi connectivity index (χ1v) is 12.1. The van der Waals surface area contributed by atoms with Gasteiger partial charge in [0.05, 0.1) is 24.4 Å². The van der Waals surface area contributed by atoms with Crippen LogP contribution in [0.25, 0.3) is 6.08 Å². The number of rotatable bonds is 7. The maximum atomic E-state index is 12.9. The standard InChI is InChI=1S/C30H34O3/c1-6-22(7-2)23-13-11-21(12-14-23)17-24-18-25-16-19(4)27(30(31)32-8-3)29(28(25)20(24)5)26-10-9-15-33-26/h9-17,22,28-29H,5-8,18H2,1-4H3. The Morgan fingerprint density at radius 2 is 1.88 bits per heavy atom. The Kier molecular flexibility index (Phi) is 6.88. The van der Waals surface area contributed by atoms with Gasteiger partial charge < -0.3 is 9.15 Å². The molecule has 3 heteroatoms. The first kappa shape index (κ1) is 23.1. The van der Waals surface area contributed by atoms with E-state index >= 15 is 0 Å². The molecule has 1 saturated carbocycles. The third-order valence-corrected chi connectivity index (χ3v) is 7.13. The SMILES string of the molecule is C=C1C(=Cc2ccc(C(CC)CC)cc2)CC2=CC(C)=C(C(=O)OCC)C(c3ccco3)C12. The van der Waals surface area contributed by atoms with Crippen LogP contribution in [0.1, 0.15) is 75.7 Å². The summed E-state index contributed by atoms with van der Waals surface area (Å²) >= 11 is 0. The lowest BCUT2D eigenvalue weighted by Gasteiger charge is -2.30. The monoisotopic (exact) mass is 442 g/mol. The van der Waals surface area contributed by atoms with Crippen LogP contribution in [0.4, 0.5) is 0 Å². The van der Waals surface area contributed by atoms with Gasteiger partial charge in [0.25, 0.3) is 0 Å². The Bertz CT molecular complexity index is 1110. The summed E-state index contributed by atoms with van der Waals surface area (Å²) in [5, 5.41) is 0. The highest BCUT2D eigenvalue weighted by Gasteiger charge is 2.44. The number of hydrogen-bond acceptors (Lipinski definition) is 3. The van der Waals surface area contributed by atoms with Crippen molar-refractivity contribution in [1.29, 1.82) is 0 Å². The van der Waals surface area contributed by atoms with E-state index in [1.807, 2.05) is 26.0 Å². The predicted molar refractivity (Wildman–Crippen MR) is 134 cm³/mol. The van der Waals surface area contributed by atoms with Gasteiger partial charge in [-0.25, -0.2) is 4.79 Å². The van der Waals surface area contributed by atoms with Crippen molar-refractivity contribution in [1.82, 2.24) is 0 Å². The smallest absolute Gasteiger partial charge is 0.335 e. The van der Waals surface area contributed by atoms with Crippen molar-refractivity contribution in [2.75, 3.05) is 6.61 Å². The van der Waals surface area contributed by atoms with Gasteiger partial charge in [-0.1, -0.05) is 62.4 Å². The van der Waals surface area contributed by atoms with E-state index in [-0.39, 0.29) is 17.8 Å². The van der Waals surface area contributed by atoms with E-state index in [1.165, 1.54) is 22.3 Å². The highest BCUT2D eigenvalue weighted by molar-refractivity contribution is 5.93. The highest BCUT2D eigenvalue weighted by atomic mass is 16.5. The number of fused-ring (bicyclic) bond motifs is 1. The largest absolute Gasteiger partial charge is 0.469 e. The minimum Gasteiger partial charge on any atom is -0.469 e. The fourth-order valence-electron chi connectivity index (χ4n) is 5.43. The van der Waals surface area contributed by atoms with Crippen molar-refractivity contribution in [2.45, 2.75) is 58.8 Å². The molecule has 0 bridgehead atoms. The number of benzene rings is 1. The van der Waals surface area contributed by atoms with Gasteiger partial charge in [0.2, 0.25) is 0 Å². The van der Waals surface area contributed by atoms with Crippen LogP contribution >= 0.6 is 0 Å². The highest BCUT2D eigenvalue weighted by Crippen LogP contribution is 2.53. The van der Waals surface area contributed by atoms with Crippen molar-refractivity contribution >= 4 is 12.0 Å². The van der Waals surface area contributed by atoms with Gasteiger partial charge in [0.15, 0.2) is 0 Å². The van der Waals surface area contributed by atoms with Gasteiger partial charge in [-0.2, -0.15) is 0 Å². The van der Waals surface area contributed by atoms with Crippen molar-refractivity contribution in [3.63, 3.8) is 0 Å². The molecule has 0 radical (unpaired) electrons. The quantitative estimate of drug-likeness (QED) is 0.412. The van der Waals surface area contributed by atoms with Crippen LogP contribution in [0.2, 0.25) is 0 Å². The van der Waals surface area contributed by atoms with Gasteiger partial charge in [-0.3, -0.25) is 0 Å². The zero-order valence-corrected chi connectivity index (χ0v) is 20.2. The molecular weight excluding hydrogens is 408 g/mol. The molecule has 3 nitrogen and oxygen atoms in total. The minimum absolute atomic E-state index is 0.00865. The Balaban J connectivity index is 1.68. The number of carbonyl (C=O) groups excluding carboxylic acids is 1. The first-order valence-electron chi connectivity index (χ1n) is 12.1. The van der Waals surface area contributed by atoms with Crippen LogP contribution < -0.4 is 0 Å². The fourth-order valence-corrected chi connectivity index (χ4v) is 5.43. The molecule has 2 aromatic rings. The van der Waals surface area contributed by atoms with Crippen molar-refractivity contribution in [3.05, 3.63) is 100 Å². The lowest BCUT2D eigenvalue weighted by Crippen LogP contribution is -2.25. The lowest BCUT2D eigenvalue weighted by atomic mass is 9.73. The van der Waals surface area contributed by atoms with E-state index in [0.717, 1.165) is 36.2 Å². The average Bonchev–Trinajstić information content (AvgIpc) is 3.44. The summed E-state index contributed by atoms with van der Waals surface area (Å²) in [6.07, 6.45) is 9.22. The van der Waals surface area contributed by atoms with Crippen LogP contribution in [0, 0.1) is 5.92 Å². The molecule has 33 heavy (non-hydrogen) atoms. The first-order chi connectivity index (χ1) is 16.0. The maximum absolute atomic E-state index is 12.9. The molecular formula is C30H34O3. The summed E-state index contributed by atoms with van der Waals surface area (Å²) in [7, 11) is 0. The molecule has 0 N–H and O–H groups in total. The number of hydrogen-bond donors (Lipinski definition) is 0. The van der Waals surface area contributed by atoms with Crippen LogP contribution in [-0.2, 0) is 9.53 Å². The average molecular weight is 443 g/mol. The second kappa shape index (κ2) is 9.82. The third kappa shape index (κ3) is 4.42. The Morgan fingerprint density at radius 3 is 2.48 bits per heavy atom. The zero-order valence-electron chi connectivity index (χ0n) is 20.2. The Hall–Kier alpha value is -3.07. The molecule has 2 unspecified atom stereocenters. The molecule has 4 rings (SSSR count). The van der Waals surface area contributed by atoms with Crippen LogP contribution in [0.15, 0.2) is 87.6 Å². The molecule has 1 aromatic carbocycles. The number of carbonyl (C=O) groups is 1. The van der Waals surface area contributed by atoms with Crippen molar-refractivity contribution < 1.29 is 13.9 Å². The van der Waals surface area contributed by atoms with E-state index < -0.39 is 0 Å². The van der Waals surface area contributed by atoms with Crippen molar-refractivity contribution in [3.8, 4) is 0 Å². The predicted octanol–water partition coefficient (Wildman–Crippen LogP) is 7.75. The zero-order chi connectivity index (χ0) is 23.5. The lowest BCUT2D eigenvalue weighted by molar-refractivity contribution is -0.139. The molecule has 172 valence electrons. The second-order valence-corrected chi connectivity index (χ2v) is 9.06. The summed E-state index contributed by atoms with van der Waals surface area (Å²) in [5.74, 6) is 0.925. The molecule has 2 aliphatic rings. The Labute approximate surface area is 197 Å². The molecule has 0 aliphatic heterocycles. The molecule has 0 amide bonds. The van der Waals surface area contributed by atoms with Crippen LogP contribution in [0.3, 0.4) is 0 Å². The third-order valence-electron chi connectivity index (χ3n) is 7.13. The summed E-state index contributed by atoms with van der Waals surface area (Å²) in [6, 6.07) is 12.8. The Morgan fingerprint density at radius 1 is 1.15 bits per heavy atom. The van der Waals surface area contributed by atoms with E-state index in [9.17, 15) is 4.79 Å². The molecule has 1 fully saturated rings. The summed E-state index contributed by atoms with van der Waals surface area (Å²) in [6.45, 7) is 13.2. The number of furan rings is 1. The number of allylic oxidation sites excluding steroid dienone is 5. The summed E-state index contributed by atoms with van der Waals surface area (Å²) < 4.78 is 11.2. The molecule has 1 aromatic heterocycles. The molecule has 2 atom stereocenters. The van der Waals surface area contributed by atoms with Gasteiger partial charge >= 0.3 is 5.97 Å². The second-order valence-electron chi connectivity index (χ2n) is 9.06. The maximum Gasteiger partial charge on any atom is 0.335 e. The number of esters is 1. The van der Waals surface area contributed by atoms with Crippen LogP contribution in [-0.4, -0.2) is 12.6 Å². The van der Waals surface area contributed by atoms with E-state index in [0.29, 0.717) is 18.1 Å². The van der Waals surface area contributed by atoms with E-state index in [1.54, 1.807) is 6.26 Å². The molecule has 0 spiro atoms. The topological polar surface area (TPSA) is 39.4 Å². The normalized spacial score (nSPS) is 21.5. The summed E-state index contributed by atoms with van der Waals surface area (Å²) in [5.41, 5.74) is 7.77. The van der Waals surface area contributed by atoms with Gasteiger partial charge in [0, 0.05) is 5.92 Å². The van der Waals surface area contributed by atoms with E-state index in [4.69, 9.17) is 9.15 Å². The fraction of sp³-hybridized carbons (Fsp3) is 0.367. The molecule has 2 aliphatic carbocycles. The summed E-state index contributed by atoms with van der Waals surface area (Å²) in [4.78, 5) is 12.9. The van der Waals surface area contributed by atoms with Gasteiger partial charge in [-0.05, 0) is 79.0 Å².